The molecule has 1 aromatic heterocycles. The Balaban J connectivity index is 1.95. The number of carbonyl (C=O) groups excluding carboxylic acids is 1. The first-order valence-electron chi connectivity index (χ1n) is 7.77. The number of carbonyl (C=O) groups is 1. The van der Waals surface area contributed by atoms with Crippen molar-refractivity contribution in [1.29, 1.82) is 0 Å². The number of esters is 1. The highest BCUT2D eigenvalue weighted by Crippen LogP contribution is 2.21. The minimum Gasteiger partial charge on any atom is -0.465 e. The third kappa shape index (κ3) is 3.62. The summed E-state index contributed by atoms with van der Waals surface area (Å²) >= 11 is 0. The minimum absolute atomic E-state index is 0.0640. The van der Waals surface area contributed by atoms with Gasteiger partial charge in [-0.15, -0.1) is 0 Å². The van der Waals surface area contributed by atoms with E-state index in [4.69, 9.17) is 9.15 Å². The molecule has 0 amide bonds. The average Bonchev–Trinajstić information content (AvgIpc) is 2.90. The number of anilines is 1. The van der Waals surface area contributed by atoms with Gasteiger partial charge < -0.3 is 9.15 Å². The molecule has 1 N–H and O–H groups in total. The van der Waals surface area contributed by atoms with E-state index in [-0.39, 0.29) is 23.6 Å². The van der Waals surface area contributed by atoms with Crippen molar-refractivity contribution in [2.24, 2.45) is 0 Å². The normalized spacial score (nSPS) is 11.4. The van der Waals surface area contributed by atoms with Crippen LogP contribution in [0.2, 0.25) is 0 Å². The number of nitrogens with one attached hydrogen (secondary N) is 1. The molecule has 0 saturated heterocycles. The number of oxazole rings is 1. The number of ether oxygens (including phenoxy) is 1. The Morgan fingerprint density at radius 1 is 1.19 bits per heavy atom. The maximum atomic E-state index is 12.5. The minimum atomic E-state index is -3.85. The predicted octanol–water partition coefficient (Wildman–Crippen LogP) is 1.96. The summed E-state index contributed by atoms with van der Waals surface area (Å²) in [5.74, 6) is -1.35. The Morgan fingerprint density at radius 2 is 1.92 bits per heavy atom. The highest BCUT2D eigenvalue weighted by atomic mass is 32.2. The van der Waals surface area contributed by atoms with Gasteiger partial charge in [0.25, 0.3) is 10.0 Å². The third-order valence-electron chi connectivity index (χ3n) is 3.57. The molecule has 0 bridgehead atoms. The third-order valence-corrected chi connectivity index (χ3v) is 4.95. The van der Waals surface area contributed by atoms with Crippen LogP contribution in [0.1, 0.15) is 6.92 Å². The molecule has 0 atom stereocenters. The van der Waals surface area contributed by atoms with Crippen molar-refractivity contribution in [2.45, 2.75) is 18.4 Å². The van der Waals surface area contributed by atoms with Crippen LogP contribution in [0.3, 0.4) is 0 Å². The number of para-hydroxylation sites is 1. The maximum absolute atomic E-state index is 12.5. The lowest BCUT2D eigenvalue weighted by atomic mass is 10.3. The smallest absolute Gasteiger partial charge is 0.420 e. The topological polar surface area (TPSA) is 108 Å². The number of rotatable bonds is 6. The largest absolute Gasteiger partial charge is 0.465 e. The van der Waals surface area contributed by atoms with Crippen LogP contribution in [-0.4, -0.2) is 25.6 Å². The van der Waals surface area contributed by atoms with E-state index in [2.05, 4.69) is 4.72 Å². The molecular formula is C17H16N2O6S. The monoisotopic (exact) mass is 376 g/mol. The fourth-order valence-corrected chi connectivity index (χ4v) is 3.49. The zero-order chi connectivity index (χ0) is 18.7. The van der Waals surface area contributed by atoms with Gasteiger partial charge in [0.1, 0.15) is 6.54 Å². The average molecular weight is 376 g/mol. The van der Waals surface area contributed by atoms with E-state index in [0.717, 1.165) is 4.57 Å². The number of nitrogens with zero attached hydrogens (tertiary/aromatic N) is 1. The molecule has 0 aliphatic rings. The molecule has 0 saturated carbocycles. The molecule has 9 heteroatoms. The molecular weight excluding hydrogens is 360 g/mol. The highest BCUT2D eigenvalue weighted by molar-refractivity contribution is 7.92. The van der Waals surface area contributed by atoms with Crippen LogP contribution in [-0.2, 0) is 26.1 Å². The van der Waals surface area contributed by atoms with Gasteiger partial charge >= 0.3 is 11.7 Å². The van der Waals surface area contributed by atoms with E-state index in [1.54, 1.807) is 37.3 Å². The van der Waals surface area contributed by atoms with Crippen LogP contribution in [0.5, 0.6) is 0 Å². The van der Waals surface area contributed by atoms with Gasteiger partial charge in [0, 0.05) is 11.8 Å². The molecule has 136 valence electrons. The number of hydrogen-bond donors (Lipinski definition) is 1. The highest BCUT2D eigenvalue weighted by Gasteiger charge is 2.19. The van der Waals surface area contributed by atoms with E-state index < -0.39 is 21.7 Å². The van der Waals surface area contributed by atoms with Crippen molar-refractivity contribution in [1.82, 2.24) is 4.57 Å². The van der Waals surface area contributed by atoms with Crippen molar-refractivity contribution in [3.05, 3.63) is 59.1 Å². The molecule has 8 nitrogen and oxygen atoms in total. The van der Waals surface area contributed by atoms with Crippen molar-refractivity contribution < 1.29 is 22.4 Å². The zero-order valence-electron chi connectivity index (χ0n) is 13.8. The number of benzene rings is 2. The summed E-state index contributed by atoms with van der Waals surface area (Å²) in [6, 6.07) is 12.4. The zero-order valence-corrected chi connectivity index (χ0v) is 14.7. The lowest BCUT2D eigenvalue weighted by Crippen LogP contribution is -2.21. The molecule has 0 spiro atoms. The van der Waals surface area contributed by atoms with Gasteiger partial charge in [-0.25, -0.2) is 13.2 Å². The van der Waals surface area contributed by atoms with Crippen LogP contribution in [0.15, 0.2) is 62.6 Å². The van der Waals surface area contributed by atoms with E-state index in [9.17, 15) is 18.0 Å². The second kappa shape index (κ2) is 7.04. The Bertz CT molecular complexity index is 1100. The van der Waals surface area contributed by atoms with E-state index in [1.807, 2.05) is 0 Å². The molecule has 0 aliphatic heterocycles. The Morgan fingerprint density at radius 3 is 2.62 bits per heavy atom. The molecule has 26 heavy (non-hydrogen) atoms. The summed E-state index contributed by atoms with van der Waals surface area (Å²) in [5.41, 5.74) is 0.783. The molecule has 0 aliphatic carbocycles. The quantitative estimate of drug-likeness (QED) is 0.659. The number of aromatic nitrogens is 1. The fourth-order valence-electron chi connectivity index (χ4n) is 2.42. The first kappa shape index (κ1) is 17.7. The standard InChI is InChI=1S/C17H16N2O6S/c1-2-24-16(20)11-19-14-9-8-13(10-15(14)25-17(19)21)26(22,23)18-12-6-4-3-5-7-12/h3-10,18H,2,11H2,1H3. The molecule has 3 aromatic rings. The molecule has 0 fully saturated rings. The molecule has 0 unspecified atom stereocenters. The van der Waals surface area contributed by atoms with Crippen LogP contribution >= 0.6 is 0 Å². The summed E-state index contributed by atoms with van der Waals surface area (Å²) in [4.78, 5) is 23.5. The molecule has 2 aromatic carbocycles. The lowest BCUT2D eigenvalue weighted by molar-refractivity contribution is -0.143. The lowest BCUT2D eigenvalue weighted by Gasteiger charge is -2.08. The number of sulfonamides is 1. The first-order valence-corrected chi connectivity index (χ1v) is 9.26. The molecule has 3 rings (SSSR count). The Kier molecular flexibility index (Phi) is 4.81. The van der Waals surface area contributed by atoms with Gasteiger partial charge in [-0.3, -0.25) is 14.1 Å². The SMILES string of the molecule is CCOC(=O)Cn1c(=O)oc2cc(S(=O)(=O)Nc3ccccc3)ccc21. The second-order valence-electron chi connectivity index (χ2n) is 5.36. The number of hydrogen-bond acceptors (Lipinski definition) is 6. The summed E-state index contributed by atoms with van der Waals surface area (Å²) in [7, 11) is -3.85. The first-order chi connectivity index (χ1) is 12.4. The van der Waals surface area contributed by atoms with E-state index in [1.165, 1.54) is 18.2 Å². The van der Waals surface area contributed by atoms with Crippen molar-refractivity contribution >= 4 is 32.8 Å². The fraction of sp³-hybridized carbons (Fsp3) is 0.176. The second-order valence-corrected chi connectivity index (χ2v) is 7.04. The molecule has 1 heterocycles. The van der Waals surface area contributed by atoms with Gasteiger partial charge in [-0.05, 0) is 31.2 Å². The number of fused-ring (bicyclic) bond motifs is 1. The van der Waals surface area contributed by atoms with Gasteiger partial charge in [-0.2, -0.15) is 0 Å². The summed E-state index contributed by atoms with van der Waals surface area (Å²) < 4.78 is 38.4. The van der Waals surface area contributed by atoms with Crippen LogP contribution in [0.25, 0.3) is 11.1 Å². The predicted molar refractivity (Wildman–Crippen MR) is 94.4 cm³/mol. The Labute approximate surface area is 149 Å². The molecule has 0 radical (unpaired) electrons. The Hall–Kier alpha value is -3.07. The van der Waals surface area contributed by atoms with Gasteiger partial charge in [0.2, 0.25) is 0 Å². The van der Waals surface area contributed by atoms with E-state index in [0.29, 0.717) is 11.2 Å². The summed E-state index contributed by atoms with van der Waals surface area (Å²) in [5, 5.41) is 0. The van der Waals surface area contributed by atoms with Crippen molar-refractivity contribution in [2.75, 3.05) is 11.3 Å². The van der Waals surface area contributed by atoms with E-state index >= 15 is 0 Å². The van der Waals surface area contributed by atoms with Gasteiger partial charge in [0.15, 0.2) is 5.58 Å². The van der Waals surface area contributed by atoms with Crippen molar-refractivity contribution in [3.8, 4) is 0 Å². The summed E-state index contributed by atoms with van der Waals surface area (Å²) in [6.45, 7) is 1.54. The summed E-state index contributed by atoms with van der Waals surface area (Å²) in [6.07, 6.45) is 0. The van der Waals surface area contributed by atoms with Crippen LogP contribution < -0.4 is 10.5 Å². The van der Waals surface area contributed by atoms with Gasteiger partial charge in [-0.1, -0.05) is 18.2 Å². The van der Waals surface area contributed by atoms with Crippen LogP contribution in [0.4, 0.5) is 5.69 Å². The maximum Gasteiger partial charge on any atom is 0.420 e. The van der Waals surface area contributed by atoms with Gasteiger partial charge in [0.05, 0.1) is 17.0 Å². The van der Waals surface area contributed by atoms with Crippen molar-refractivity contribution in [3.63, 3.8) is 0 Å². The van der Waals surface area contributed by atoms with Crippen LogP contribution in [0, 0.1) is 0 Å².